The molecule has 0 aromatic carbocycles. The zero-order valence-corrected chi connectivity index (χ0v) is 13.5. The van der Waals surface area contributed by atoms with E-state index in [9.17, 15) is 9.59 Å². The highest BCUT2D eigenvalue weighted by molar-refractivity contribution is 7.73. The summed E-state index contributed by atoms with van der Waals surface area (Å²) in [6.45, 7) is 4.95. The van der Waals surface area contributed by atoms with Gasteiger partial charge in [-0.25, -0.2) is 0 Å². The van der Waals surface area contributed by atoms with Crippen molar-refractivity contribution in [2.24, 2.45) is 5.41 Å². The van der Waals surface area contributed by atoms with Crippen molar-refractivity contribution in [3.8, 4) is 0 Å². The first kappa shape index (κ1) is 15.2. The Morgan fingerprint density at radius 1 is 1.55 bits per heavy atom. The quantitative estimate of drug-likeness (QED) is 0.834. The van der Waals surface area contributed by atoms with Crippen LogP contribution in [0, 0.1) is 16.3 Å². The van der Waals surface area contributed by atoms with Crippen molar-refractivity contribution in [1.29, 1.82) is 0 Å². The highest BCUT2D eigenvalue weighted by Gasteiger charge is 2.41. The summed E-state index contributed by atoms with van der Waals surface area (Å²) >= 11 is 6.52. The Hall–Kier alpha value is -1.21. The minimum absolute atomic E-state index is 0.00119. The number of aryl methyl sites for hydroxylation is 1. The maximum atomic E-state index is 12.3. The first-order chi connectivity index (χ1) is 9.35. The monoisotopic (exact) mass is 313 g/mol. The largest absolute Gasteiger partial charge is 0.359 e. The molecule has 0 aliphatic carbocycles. The zero-order valence-electron chi connectivity index (χ0n) is 11.9. The number of amides is 2. The second kappa shape index (κ2) is 5.65. The minimum atomic E-state index is -0.468. The smallest absolute Gasteiger partial charge is 0.227 e. The van der Waals surface area contributed by atoms with Gasteiger partial charge in [0.15, 0.2) is 3.95 Å². The molecule has 7 heteroatoms. The van der Waals surface area contributed by atoms with E-state index in [4.69, 9.17) is 12.2 Å². The fraction of sp³-hybridized carbons (Fsp3) is 0.615. The van der Waals surface area contributed by atoms with Crippen LogP contribution in [0.15, 0.2) is 0 Å². The Morgan fingerprint density at radius 3 is 2.80 bits per heavy atom. The molecule has 0 bridgehead atoms. The van der Waals surface area contributed by atoms with Gasteiger partial charge in [0, 0.05) is 30.7 Å². The van der Waals surface area contributed by atoms with E-state index in [1.54, 1.807) is 11.9 Å². The molecule has 0 radical (unpaired) electrons. The van der Waals surface area contributed by atoms with Crippen LogP contribution in [0.3, 0.4) is 0 Å². The van der Waals surface area contributed by atoms with E-state index in [-0.39, 0.29) is 11.8 Å². The molecule has 110 valence electrons. The molecular weight excluding hydrogens is 294 g/mol. The molecule has 2 heterocycles. The summed E-state index contributed by atoms with van der Waals surface area (Å²) in [7, 11) is 1.63. The molecule has 5 nitrogen and oxygen atoms in total. The summed E-state index contributed by atoms with van der Waals surface area (Å²) in [5.74, 6) is 0.0623. The van der Waals surface area contributed by atoms with E-state index < -0.39 is 5.41 Å². The lowest BCUT2D eigenvalue weighted by atomic mass is 9.89. The summed E-state index contributed by atoms with van der Waals surface area (Å²) in [5, 5.41) is 2.68. The van der Waals surface area contributed by atoms with E-state index >= 15 is 0 Å². The van der Waals surface area contributed by atoms with Gasteiger partial charge in [0.05, 0.1) is 11.8 Å². The van der Waals surface area contributed by atoms with Gasteiger partial charge in [-0.1, -0.05) is 0 Å². The van der Waals surface area contributed by atoms with Crippen LogP contribution in [0.5, 0.6) is 0 Å². The van der Waals surface area contributed by atoms with Crippen LogP contribution >= 0.6 is 23.6 Å². The van der Waals surface area contributed by atoms with Gasteiger partial charge in [-0.3, -0.25) is 9.59 Å². The highest BCUT2D eigenvalue weighted by Crippen LogP contribution is 2.30. The van der Waals surface area contributed by atoms with Crippen molar-refractivity contribution in [3.63, 3.8) is 0 Å². The summed E-state index contributed by atoms with van der Waals surface area (Å²) in [4.78, 5) is 30.0. The normalized spacial score (nSPS) is 22.1. The number of rotatable bonds is 3. The van der Waals surface area contributed by atoms with Crippen LogP contribution in [-0.4, -0.2) is 41.8 Å². The Kier molecular flexibility index (Phi) is 4.29. The molecular formula is C13H19N3O2S2. The van der Waals surface area contributed by atoms with Crippen LogP contribution in [0.1, 0.15) is 23.9 Å². The number of aromatic amines is 1. The number of aromatic nitrogens is 1. The number of carbonyl (C=O) groups excluding carboxylic acids is 2. The van der Waals surface area contributed by atoms with Crippen LogP contribution < -0.4 is 5.32 Å². The number of hydrogen-bond acceptors (Lipinski definition) is 4. The van der Waals surface area contributed by atoms with Gasteiger partial charge in [0.25, 0.3) is 0 Å². The number of likely N-dealkylation sites (tertiary alicyclic amines) is 1. The molecule has 1 fully saturated rings. The molecule has 1 aromatic rings. The maximum absolute atomic E-state index is 12.3. The van der Waals surface area contributed by atoms with Crippen LogP contribution in [0.4, 0.5) is 0 Å². The van der Waals surface area contributed by atoms with Gasteiger partial charge >= 0.3 is 0 Å². The fourth-order valence-corrected chi connectivity index (χ4v) is 3.80. The molecule has 2 amide bonds. The van der Waals surface area contributed by atoms with Crippen LogP contribution in [-0.2, 0) is 16.0 Å². The van der Waals surface area contributed by atoms with Crippen molar-refractivity contribution in [3.05, 3.63) is 14.5 Å². The molecule has 1 aliphatic rings. The summed E-state index contributed by atoms with van der Waals surface area (Å²) < 4.78 is 0.696. The van der Waals surface area contributed by atoms with E-state index in [1.165, 1.54) is 11.3 Å². The second-order valence-corrected chi connectivity index (χ2v) is 7.22. The van der Waals surface area contributed by atoms with Crippen molar-refractivity contribution >= 4 is 35.4 Å². The van der Waals surface area contributed by atoms with E-state index in [0.717, 1.165) is 10.6 Å². The molecule has 1 unspecified atom stereocenters. The van der Waals surface area contributed by atoms with E-state index in [1.807, 2.05) is 13.8 Å². The van der Waals surface area contributed by atoms with Crippen molar-refractivity contribution in [2.75, 3.05) is 20.1 Å². The number of nitrogens with one attached hydrogen (secondary N) is 2. The average Bonchev–Trinajstić information content (AvgIpc) is 2.93. The molecule has 20 heavy (non-hydrogen) atoms. The van der Waals surface area contributed by atoms with Gasteiger partial charge in [0.1, 0.15) is 0 Å². The van der Waals surface area contributed by atoms with Crippen molar-refractivity contribution in [1.82, 2.24) is 15.2 Å². The number of H-pyrrole nitrogens is 1. The van der Waals surface area contributed by atoms with E-state index in [2.05, 4.69) is 10.3 Å². The highest BCUT2D eigenvalue weighted by atomic mass is 32.1. The Labute approximate surface area is 127 Å². The Bertz CT molecular complexity index is 593. The third-order valence-electron chi connectivity index (χ3n) is 3.84. The van der Waals surface area contributed by atoms with E-state index in [0.29, 0.717) is 29.9 Å². The number of thiazole rings is 1. The summed E-state index contributed by atoms with van der Waals surface area (Å²) in [6.07, 6.45) is 1.06. The number of hydrogen-bond donors (Lipinski definition) is 2. The standard InChI is InChI=1S/C13H19N3O2S2/c1-8-9(20-12(19)15-8)6-10(17)16-5-4-13(2,7-16)11(18)14-3/h4-7H2,1-3H3,(H,14,18)(H,15,19). The lowest BCUT2D eigenvalue weighted by Crippen LogP contribution is -2.40. The molecule has 1 atom stereocenters. The fourth-order valence-electron chi connectivity index (χ4n) is 2.52. The predicted octanol–water partition coefficient (Wildman–Crippen LogP) is 1.64. The van der Waals surface area contributed by atoms with Crippen LogP contribution in [0.25, 0.3) is 0 Å². The van der Waals surface area contributed by atoms with Gasteiger partial charge < -0.3 is 15.2 Å². The third-order valence-corrected chi connectivity index (χ3v) is 5.17. The summed E-state index contributed by atoms with van der Waals surface area (Å²) in [5.41, 5.74) is 0.492. The molecule has 1 saturated heterocycles. The topological polar surface area (TPSA) is 65.2 Å². The first-order valence-electron chi connectivity index (χ1n) is 6.54. The SMILES string of the molecule is CNC(=O)C1(C)CCN(C(=O)Cc2sc(=S)[nH]c2C)C1. The zero-order chi connectivity index (χ0) is 14.9. The number of carbonyl (C=O) groups is 2. The van der Waals surface area contributed by atoms with Crippen molar-refractivity contribution < 1.29 is 9.59 Å². The molecule has 2 rings (SSSR count). The average molecular weight is 313 g/mol. The van der Waals surface area contributed by atoms with Gasteiger partial charge in [-0.05, 0) is 32.5 Å². The molecule has 1 aromatic heterocycles. The van der Waals surface area contributed by atoms with Crippen molar-refractivity contribution in [2.45, 2.75) is 26.7 Å². The molecule has 0 saturated carbocycles. The molecule has 0 spiro atoms. The van der Waals surface area contributed by atoms with Crippen LogP contribution in [0.2, 0.25) is 0 Å². The third kappa shape index (κ3) is 2.93. The lowest BCUT2D eigenvalue weighted by Gasteiger charge is -2.22. The van der Waals surface area contributed by atoms with Gasteiger partial charge in [-0.15, -0.1) is 11.3 Å². The summed E-state index contributed by atoms with van der Waals surface area (Å²) in [6, 6.07) is 0. The Balaban J connectivity index is 2.03. The lowest BCUT2D eigenvalue weighted by molar-refractivity contribution is -0.132. The van der Waals surface area contributed by atoms with Gasteiger partial charge in [-0.2, -0.15) is 0 Å². The first-order valence-corrected chi connectivity index (χ1v) is 7.77. The Morgan fingerprint density at radius 2 is 2.25 bits per heavy atom. The van der Waals surface area contributed by atoms with Gasteiger partial charge in [0.2, 0.25) is 11.8 Å². The second-order valence-electron chi connectivity index (χ2n) is 5.44. The molecule has 1 aliphatic heterocycles. The minimum Gasteiger partial charge on any atom is -0.359 e. The maximum Gasteiger partial charge on any atom is 0.227 e. The molecule has 2 N–H and O–H groups in total. The number of nitrogens with zero attached hydrogens (tertiary/aromatic N) is 1. The predicted molar refractivity (Wildman–Crippen MR) is 81.3 cm³/mol.